The summed E-state index contributed by atoms with van der Waals surface area (Å²) < 4.78 is 13.1. The number of allylic oxidation sites excluding steroid dienone is 4. The molecular formula is C57H37N3O2. The third kappa shape index (κ3) is 6.22. The zero-order valence-corrected chi connectivity index (χ0v) is 33.6. The van der Waals surface area contributed by atoms with Gasteiger partial charge >= 0.3 is 0 Å². The lowest BCUT2D eigenvalue weighted by Gasteiger charge is -2.12. The smallest absolute Gasteiger partial charge is 0.164 e. The summed E-state index contributed by atoms with van der Waals surface area (Å²) in [6, 6.07) is 63.3. The largest absolute Gasteiger partial charge is 0.456 e. The van der Waals surface area contributed by atoms with E-state index < -0.39 is 0 Å². The Balaban J connectivity index is 1.07. The predicted molar refractivity (Wildman–Crippen MR) is 253 cm³/mol. The van der Waals surface area contributed by atoms with Gasteiger partial charge in [0, 0.05) is 38.2 Å². The average Bonchev–Trinajstić information content (AvgIpc) is 3.93. The van der Waals surface area contributed by atoms with Crippen LogP contribution in [0.3, 0.4) is 0 Å². The fourth-order valence-electron chi connectivity index (χ4n) is 9.03. The SMILES string of the molecule is C1=CCCC(c2ccc(-c3nc(-c4cccc5oc6ccc(-c7ccccc7)cc6c45)nc(-c4cccc5oc6ccc(-c7ccccc7-c7ccccc7)cc6c45)n3)cc2)=C1. The van der Waals surface area contributed by atoms with Gasteiger partial charge in [0.05, 0.1) is 0 Å². The van der Waals surface area contributed by atoms with Gasteiger partial charge in [-0.25, -0.2) is 15.0 Å². The molecule has 0 aliphatic heterocycles. The molecule has 3 aromatic heterocycles. The van der Waals surface area contributed by atoms with Gasteiger partial charge < -0.3 is 8.83 Å². The van der Waals surface area contributed by atoms with Crippen molar-refractivity contribution in [2.24, 2.45) is 0 Å². The number of nitrogens with zero attached hydrogens (tertiary/aromatic N) is 3. The van der Waals surface area contributed by atoms with E-state index in [0.717, 1.165) is 95.7 Å². The molecule has 3 heterocycles. The monoisotopic (exact) mass is 795 g/mol. The maximum Gasteiger partial charge on any atom is 0.164 e. The molecule has 8 aromatic carbocycles. The Hall–Kier alpha value is -8.15. The summed E-state index contributed by atoms with van der Waals surface area (Å²) in [6.07, 6.45) is 8.63. The third-order valence-electron chi connectivity index (χ3n) is 12.1. The maximum absolute atomic E-state index is 6.57. The zero-order valence-electron chi connectivity index (χ0n) is 33.6. The third-order valence-corrected chi connectivity index (χ3v) is 12.1. The van der Waals surface area contributed by atoms with Crippen molar-refractivity contribution in [3.63, 3.8) is 0 Å². The molecule has 0 saturated heterocycles. The normalized spacial score (nSPS) is 12.7. The average molecular weight is 796 g/mol. The Morgan fingerprint density at radius 1 is 0.355 bits per heavy atom. The first kappa shape index (κ1) is 35.8. The molecule has 292 valence electrons. The van der Waals surface area contributed by atoms with Gasteiger partial charge in [0.2, 0.25) is 0 Å². The summed E-state index contributed by atoms with van der Waals surface area (Å²) in [5.74, 6) is 1.72. The molecule has 1 aliphatic carbocycles. The molecule has 0 amide bonds. The molecule has 0 bridgehead atoms. The van der Waals surface area contributed by atoms with E-state index in [1.165, 1.54) is 22.3 Å². The first-order valence-corrected chi connectivity index (χ1v) is 21.1. The van der Waals surface area contributed by atoms with E-state index in [4.69, 9.17) is 23.8 Å². The lowest BCUT2D eigenvalue weighted by Crippen LogP contribution is -2.01. The minimum absolute atomic E-state index is 0.562. The zero-order chi connectivity index (χ0) is 41.0. The number of hydrogen-bond donors (Lipinski definition) is 0. The molecule has 0 saturated carbocycles. The molecule has 0 unspecified atom stereocenters. The van der Waals surface area contributed by atoms with Gasteiger partial charge in [-0.1, -0.05) is 164 Å². The van der Waals surface area contributed by atoms with Gasteiger partial charge in [0.15, 0.2) is 17.5 Å². The minimum Gasteiger partial charge on any atom is -0.456 e. The standard InChI is InChI=1S/C57H37N3O2/c1-4-14-36(15-5-1)38-26-28-40(29-27-38)55-58-56(45-22-12-24-51-53(45)47-34-41(30-32-49(47)61-51)37-16-6-2-7-17-37)60-57(59-55)46-23-13-25-52-54(46)48-35-42(31-33-50(48)62-52)44-21-11-10-20-43(44)39-18-8-3-9-19-39/h1-4,6-14,16-35H,5,15H2. The molecule has 11 aromatic rings. The van der Waals surface area contributed by atoms with Crippen LogP contribution in [-0.2, 0) is 0 Å². The van der Waals surface area contributed by atoms with E-state index >= 15 is 0 Å². The number of rotatable bonds is 7. The highest BCUT2D eigenvalue weighted by Crippen LogP contribution is 2.42. The number of furan rings is 2. The van der Waals surface area contributed by atoms with Crippen LogP contribution < -0.4 is 0 Å². The van der Waals surface area contributed by atoms with Crippen LogP contribution in [0.2, 0.25) is 0 Å². The van der Waals surface area contributed by atoms with Crippen LogP contribution in [0.5, 0.6) is 0 Å². The predicted octanol–water partition coefficient (Wildman–Crippen LogP) is 15.4. The summed E-state index contributed by atoms with van der Waals surface area (Å²) in [4.78, 5) is 15.9. The van der Waals surface area contributed by atoms with Crippen molar-refractivity contribution in [3.05, 3.63) is 206 Å². The summed E-state index contributed by atoms with van der Waals surface area (Å²) in [5, 5.41) is 3.92. The second-order valence-electron chi connectivity index (χ2n) is 15.8. The topological polar surface area (TPSA) is 65.0 Å². The van der Waals surface area contributed by atoms with Crippen molar-refractivity contribution in [1.29, 1.82) is 0 Å². The van der Waals surface area contributed by atoms with Gasteiger partial charge in [0.1, 0.15) is 22.3 Å². The number of fused-ring (bicyclic) bond motifs is 6. The first-order valence-electron chi connectivity index (χ1n) is 21.1. The van der Waals surface area contributed by atoms with Gasteiger partial charge in [-0.3, -0.25) is 0 Å². The lowest BCUT2D eigenvalue weighted by atomic mass is 9.93. The van der Waals surface area contributed by atoms with E-state index in [0.29, 0.717) is 17.5 Å². The molecule has 5 heteroatoms. The first-order chi connectivity index (χ1) is 30.7. The molecule has 0 atom stereocenters. The summed E-state index contributed by atoms with van der Waals surface area (Å²) in [5.41, 5.74) is 15.2. The molecule has 0 radical (unpaired) electrons. The number of aromatic nitrogens is 3. The summed E-state index contributed by atoms with van der Waals surface area (Å²) >= 11 is 0. The van der Waals surface area contributed by atoms with Gasteiger partial charge in [-0.05, 0) is 93.8 Å². The summed E-state index contributed by atoms with van der Waals surface area (Å²) in [7, 11) is 0. The van der Waals surface area contributed by atoms with Crippen molar-refractivity contribution < 1.29 is 8.83 Å². The lowest BCUT2D eigenvalue weighted by molar-refractivity contribution is 0.668. The van der Waals surface area contributed by atoms with Crippen LogP contribution in [0.25, 0.3) is 117 Å². The van der Waals surface area contributed by atoms with Gasteiger partial charge in [-0.2, -0.15) is 0 Å². The Bertz CT molecular complexity index is 3560. The van der Waals surface area contributed by atoms with Crippen LogP contribution in [-0.4, -0.2) is 15.0 Å². The molecule has 0 spiro atoms. The maximum atomic E-state index is 6.57. The van der Waals surface area contributed by atoms with Crippen molar-refractivity contribution in [2.45, 2.75) is 12.8 Å². The second kappa shape index (κ2) is 14.8. The van der Waals surface area contributed by atoms with Crippen molar-refractivity contribution in [1.82, 2.24) is 15.0 Å². The minimum atomic E-state index is 0.562. The molecule has 62 heavy (non-hydrogen) atoms. The Morgan fingerprint density at radius 2 is 0.855 bits per heavy atom. The van der Waals surface area contributed by atoms with E-state index in [9.17, 15) is 0 Å². The second-order valence-corrected chi connectivity index (χ2v) is 15.8. The Labute approximate surface area is 358 Å². The van der Waals surface area contributed by atoms with Crippen molar-refractivity contribution in [3.8, 4) is 67.5 Å². The van der Waals surface area contributed by atoms with E-state index in [-0.39, 0.29) is 0 Å². The Morgan fingerprint density at radius 3 is 1.47 bits per heavy atom. The van der Waals surface area contributed by atoms with Crippen LogP contribution >= 0.6 is 0 Å². The molecule has 5 nitrogen and oxygen atoms in total. The highest BCUT2D eigenvalue weighted by Gasteiger charge is 2.22. The van der Waals surface area contributed by atoms with Crippen LogP contribution in [0, 0.1) is 0 Å². The summed E-state index contributed by atoms with van der Waals surface area (Å²) in [6.45, 7) is 0. The molecule has 0 N–H and O–H groups in total. The van der Waals surface area contributed by atoms with Crippen LogP contribution in [0.1, 0.15) is 18.4 Å². The molecule has 1 aliphatic rings. The highest BCUT2D eigenvalue weighted by atomic mass is 16.3. The Kier molecular flexibility index (Phi) is 8.56. The fraction of sp³-hybridized carbons (Fsp3) is 0.0351. The highest BCUT2D eigenvalue weighted by molar-refractivity contribution is 6.14. The van der Waals surface area contributed by atoms with Crippen molar-refractivity contribution >= 4 is 49.5 Å². The van der Waals surface area contributed by atoms with Crippen LogP contribution in [0.4, 0.5) is 0 Å². The van der Waals surface area contributed by atoms with E-state index in [2.05, 4.69) is 170 Å². The van der Waals surface area contributed by atoms with E-state index in [1.807, 2.05) is 30.3 Å². The molecule has 0 fully saturated rings. The van der Waals surface area contributed by atoms with Crippen LogP contribution in [0.15, 0.2) is 209 Å². The van der Waals surface area contributed by atoms with Crippen molar-refractivity contribution in [2.75, 3.05) is 0 Å². The fourth-order valence-corrected chi connectivity index (χ4v) is 9.03. The molecule has 12 rings (SSSR count). The van der Waals surface area contributed by atoms with E-state index in [1.54, 1.807) is 0 Å². The van der Waals surface area contributed by atoms with Gasteiger partial charge in [0.25, 0.3) is 0 Å². The molecular weight excluding hydrogens is 759 g/mol. The number of benzene rings is 8. The quantitative estimate of drug-likeness (QED) is 0.161. The number of hydrogen-bond acceptors (Lipinski definition) is 5. The van der Waals surface area contributed by atoms with Gasteiger partial charge in [-0.15, -0.1) is 0 Å².